The van der Waals surface area contributed by atoms with Crippen molar-refractivity contribution < 1.29 is 9.18 Å². The number of nitrogens with zero attached hydrogens (tertiary/aromatic N) is 1. The molecule has 2 rings (SSSR count). The molecule has 0 aliphatic heterocycles. The molecule has 2 N–H and O–H groups in total. The third-order valence-electron chi connectivity index (χ3n) is 3.61. The fourth-order valence-corrected chi connectivity index (χ4v) is 2.52. The van der Waals surface area contributed by atoms with Gasteiger partial charge >= 0.3 is 6.03 Å². The van der Waals surface area contributed by atoms with Crippen molar-refractivity contribution in [2.75, 3.05) is 20.6 Å². The Bertz CT molecular complexity index is 629. The molecule has 0 spiro atoms. The number of nitrogens with one attached hydrogen (secondary N) is 2. The van der Waals surface area contributed by atoms with E-state index in [1.165, 1.54) is 17.7 Å². The van der Waals surface area contributed by atoms with Gasteiger partial charge in [0.05, 0.1) is 0 Å². The Balaban J connectivity index is 1.87. The maximum Gasteiger partial charge on any atom is 0.315 e. The highest BCUT2D eigenvalue weighted by Gasteiger charge is 2.14. The number of rotatable bonds is 7. The summed E-state index contributed by atoms with van der Waals surface area (Å²) in [5.41, 5.74) is 2.04. The monoisotopic (exact) mass is 329 g/mol. The van der Waals surface area contributed by atoms with Crippen molar-refractivity contribution in [2.45, 2.75) is 19.0 Å². The molecule has 5 heteroatoms. The third kappa shape index (κ3) is 6.38. The van der Waals surface area contributed by atoms with Crippen LogP contribution in [0.1, 0.15) is 11.1 Å². The first kappa shape index (κ1) is 17.9. The van der Waals surface area contributed by atoms with Crippen LogP contribution in [-0.4, -0.2) is 37.6 Å². The van der Waals surface area contributed by atoms with Crippen LogP contribution in [0.2, 0.25) is 0 Å². The molecule has 24 heavy (non-hydrogen) atoms. The number of halogens is 1. The van der Waals surface area contributed by atoms with Gasteiger partial charge in [0.1, 0.15) is 5.82 Å². The van der Waals surface area contributed by atoms with Crippen molar-refractivity contribution in [3.05, 3.63) is 71.5 Å². The van der Waals surface area contributed by atoms with E-state index in [0.29, 0.717) is 6.54 Å². The standard InChI is InChI=1S/C19H24FN3O/c1-23(2)14-18(12-15-6-4-3-5-7-15)22-19(24)21-13-16-8-10-17(20)11-9-16/h3-11,18H,12-14H2,1-2H3,(H2,21,22,24). The zero-order valence-corrected chi connectivity index (χ0v) is 14.1. The number of hydrogen-bond acceptors (Lipinski definition) is 2. The second-order valence-electron chi connectivity index (χ2n) is 6.10. The average Bonchev–Trinajstić information content (AvgIpc) is 2.54. The summed E-state index contributed by atoms with van der Waals surface area (Å²) in [6.45, 7) is 1.12. The summed E-state index contributed by atoms with van der Waals surface area (Å²) in [5.74, 6) is -0.280. The van der Waals surface area contributed by atoms with E-state index < -0.39 is 0 Å². The summed E-state index contributed by atoms with van der Waals surface area (Å²) in [7, 11) is 3.96. The van der Waals surface area contributed by atoms with Gasteiger partial charge in [0.25, 0.3) is 0 Å². The molecule has 0 saturated heterocycles. The topological polar surface area (TPSA) is 44.4 Å². The SMILES string of the molecule is CN(C)CC(Cc1ccccc1)NC(=O)NCc1ccc(F)cc1. The molecule has 0 radical (unpaired) electrons. The van der Waals surface area contributed by atoms with Gasteiger partial charge in [-0.15, -0.1) is 0 Å². The minimum absolute atomic E-state index is 0.00983. The first-order chi connectivity index (χ1) is 11.5. The van der Waals surface area contributed by atoms with Crippen molar-refractivity contribution in [1.82, 2.24) is 15.5 Å². The van der Waals surface area contributed by atoms with E-state index >= 15 is 0 Å². The van der Waals surface area contributed by atoms with E-state index in [1.54, 1.807) is 12.1 Å². The Labute approximate surface area is 142 Å². The normalized spacial score (nSPS) is 12.0. The first-order valence-electron chi connectivity index (χ1n) is 8.00. The summed E-state index contributed by atoms with van der Waals surface area (Å²) in [6.07, 6.45) is 0.767. The van der Waals surface area contributed by atoms with Gasteiger partial charge < -0.3 is 15.5 Å². The number of likely N-dealkylation sites (N-methyl/N-ethyl adjacent to an activating group) is 1. The van der Waals surface area contributed by atoms with Crippen molar-refractivity contribution >= 4 is 6.03 Å². The van der Waals surface area contributed by atoms with Gasteiger partial charge in [-0.25, -0.2) is 9.18 Å². The fourth-order valence-electron chi connectivity index (χ4n) is 2.52. The maximum absolute atomic E-state index is 12.9. The van der Waals surface area contributed by atoms with Crippen LogP contribution in [0.25, 0.3) is 0 Å². The zero-order valence-electron chi connectivity index (χ0n) is 14.1. The largest absolute Gasteiger partial charge is 0.334 e. The van der Waals surface area contributed by atoms with Crippen molar-refractivity contribution in [3.63, 3.8) is 0 Å². The molecule has 2 aromatic carbocycles. The molecule has 0 aliphatic rings. The molecule has 0 aliphatic carbocycles. The fraction of sp³-hybridized carbons (Fsp3) is 0.316. The molecule has 1 atom stereocenters. The lowest BCUT2D eigenvalue weighted by Crippen LogP contribution is -2.47. The molecule has 0 aromatic heterocycles. The Hall–Kier alpha value is -2.40. The van der Waals surface area contributed by atoms with Crippen LogP contribution in [0.4, 0.5) is 9.18 Å². The molecule has 0 fully saturated rings. The van der Waals surface area contributed by atoms with Crippen molar-refractivity contribution in [1.29, 1.82) is 0 Å². The van der Waals surface area contributed by atoms with E-state index in [4.69, 9.17) is 0 Å². The lowest BCUT2D eigenvalue weighted by molar-refractivity contribution is 0.232. The van der Waals surface area contributed by atoms with Gasteiger partial charge in [0, 0.05) is 19.1 Å². The third-order valence-corrected chi connectivity index (χ3v) is 3.61. The Kier molecular flexibility index (Phi) is 6.75. The number of amides is 2. The Morgan fingerprint density at radius 2 is 1.71 bits per heavy atom. The van der Waals surface area contributed by atoms with Crippen LogP contribution in [0.15, 0.2) is 54.6 Å². The van der Waals surface area contributed by atoms with Gasteiger partial charge in [-0.1, -0.05) is 42.5 Å². The van der Waals surface area contributed by atoms with Crippen LogP contribution in [0.3, 0.4) is 0 Å². The predicted molar refractivity (Wildman–Crippen MR) is 94.3 cm³/mol. The molecule has 1 unspecified atom stereocenters. The van der Waals surface area contributed by atoms with Crippen molar-refractivity contribution in [3.8, 4) is 0 Å². The summed E-state index contributed by atoms with van der Waals surface area (Å²) in [4.78, 5) is 14.2. The van der Waals surface area contributed by atoms with E-state index in [2.05, 4.69) is 22.8 Å². The van der Waals surface area contributed by atoms with E-state index in [0.717, 1.165) is 18.5 Å². The van der Waals surface area contributed by atoms with Crippen LogP contribution in [0.5, 0.6) is 0 Å². The first-order valence-corrected chi connectivity index (χ1v) is 8.00. The highest BCUT2D eigenvalue weighted by atomic mass is 19.1. The predicted octanol–water partition coefficient (Wildman–Crippen LogP) is 2.80. The molecule has 128 valence electrons. The molecule has 2 aromatic rings. The van der Waals surface area contributed by atoms with Crippen LogP contribution in [0, 0.1) is 5.82 Å². The summed E-state index contributed by atoms with van der Waals surface area (Å²) < 4.78 is 12.9. The summed E-state index contributed by atoms with van der Waals surface area (Å²) in [6, 6.07) is 16.0. The van der Waals surface area contributed by atoms with Gasteiger partial charge in [-0.05, 0) is 43.8 Å². The molecule has 0 saturated carbocycles. The molecule has 4 nitrogen and oxygen atoms in total. The smallest absolute Gasteiger partial charge is 0.315 e. The number of urea groups is 1. The quantitative estimate of drug-likeness (QED) is 0.820. The molecular weight excluding hydrogens is 305 g/mol. The molecular formula is C19H24FN3O. The van der Waals surface area contributed by atoms with Gasteiger partial charge in [0.15, 0.2) is 0 Å². The Morgan fingerprint density at radius 1 is 1.04 bits per heavy atom. The highest BCUT2D eigenvalue weighted by Crippen LogP contribution is 2.05. The second kappa shape index (κ2) is 9.03. The van der Waals surface area contributed by atoms with E-state index in [-0.39, 0.29) is 17.9 Å². The van der Waals surface area contributed by atoms with Crippen LogP contribution >= 0.6 is 0 Å². The minimum atomic E-state index is -0.280. The van der Waals surface area contributed by atoms with Crippen molar-refractivity contribution in [2.24, 2.45) is 0 Å². The van der Waals surface area contributed by atoms with Crippen LogP contribution in [-0.2, 0) is 13.0 Å². The maximum atomic E-state index is 12.9. The summed E-state index contributed by atoms with van der Waals surface area (Å²) >= 11 is 0. The molecule has 0 bridgehead atoms. The average molecular weight is 329 g/mol. The number of carbonyl (C=O) groups is 1. The second-order valence-corrected chi connectivity index (χ2v) is 6.10. The summed E-state index contributed by atoms with van der Waals surface area (Å²) in [5, 5.41) is 5.83. The van der Waals surface area contributed by atoms with Gasteiger partial charge in [-0.2, -0.15) is 0 Å². The lowest BCUT2D eigenvalue weighted by atomic mass is 10.1. The number of benzene rings is 2. The Morgan fingerprint density at radius 3 is 2.33 bits per heavy atom. The minimum Gasteiger partial charge on any atom is -0.334 e. The molecule has 2 amide bonds. The van der Waals surface area contributed by atoms with Crippen LogP contribution < -0.4 is 10.6 Å². The zero-order chi connectivity index (χ0) is 17.4. The highest BCUT2D eigenvalue weighted by molar-refractivity contribution is 5.74. The van der Waals surface area contributed by atoms with E-state index in [1.807, 2.05) is 37.2 Å². The van der Waals surface area contributed by atoms with Gasteiger partial charge in [-0.3, -0.25) is 0 Å². The number of carbonyl (C=O) groups excluding carboxylic acids is 1. The lowest BCUT2D eigenvalue weighted by Gasteiger charge is -2.22. The van der Waals surface area contributed by atoms with Gasteiger partial charge in [0.2, 0.25) is 0 Å². The van der Waals surface area contributed by atoms with E-state index in [9.17, 15) is 9.18 Å². The number of hydrogen-bond donors (Lipinski definition) is 2. The molecule has 0 heterocycles.